The monoisotopic (exact) mass is 226 g/mol. The first-order valence-electron chi connectivity index (χ1n) is 6.60. The van der Waals surface area contributed by atoms with E-state index in [4.69, 9.17) is 4.74 Å². The Morgan fingerprint density at radius 1 is 1.38 bits per heavy atom. The average molecular weight is 226 g/mol. The van der Waals surface area contributed by atoms with E-state index in [-0.39, 0.29) is 0 Å². The molecule has 0 bridgehead atoms. The van der Waals surface area contributed by atoms with Crippen molar-refractivity contribution in [2.45, 2.75) is 33.2 Å². The molecule has 2 aliphatic rings. The number of piperazine rings is 1. The van der Waals surface area contributed by atoms with Gasteiger partial charge in [0.2, 0.25) is 0 Å². The van der Waals surface area contributed by atoms with Gasteiger partial charge in [-0.2, -0.15) is 0 Å². The molecular weight excluding hydrogens is 200 g/mol. The Kier molecular flexibility index (Phi) is 3.88. The number of nitrogens with zero attached hydrogens (tertiary/aromatic N) is 1. The van der Waals surface area contributed by atoms with E-state index in [9.17, 15) is 0 Å². The van der Waals surface area contributed by atoms with E-state index in [1.807, 2.05) is 0 Å². The van der Waals surface area contributed by atoms with Gasteiger partial charge in [0.1, 0.15) is 0 Å². The van der Waals surface area contributed by atoms with Crippen LogP contribution in [-0.4, -0.2) is 50.3 Å². The quantitative estimate of drug-likeness (QED) is 0.769. The van der Waals surface area contributed by atoms with Gasteiger partial charge in [-0.1, -0.05) is 20.8 Å². The third-order valence-electron chi connectivity index (χ3n) is 3.87. The number of hydrogen-bond donors (Lipinski definition) is 1. The van der Waals surface area contributed by atoms with Gasteiger partial charge in [-0.3, -0.25) is 4.90 Å². The summed E-state index contributed by atoms with van der Waals surface area (Å²) in [6.07, 6.45) is 1.25. The van der Waals surface area contributed by atoms with Gasteiger partial charge in [0.05, 0.1) is 6.61 Å². The molecule has 1 N–H and O–H groups in total. The van der Waals surface area contributed by atoms with Crippen LogP contribution in [0.1, 0.15) is 27.2 Å². The lowest BCUT2D eigenvalue weighted by Crippen LogP contribution is -2.57. The van der Waals surface area contributed by atoms with Gasteiger partial charge in [0.15, 0.2) is 0 Å². The van der Waals surface area contributed by atoms with Crippen molar-refractivity contribution >= 4 is 0 Å². The minimum atomic E-state index is 0.368. The molecule has 0 spiro atoms. The molecule has 2 saturated heterocycles. The maximum atomic E-state index is 5.48. The van der Waals surface area contributed by atoms with Crippen LogP contribution >= 0.6 is 0 Å². The summed E-state index contributed by atoms with van der Waals surface area (Å²) < 4.78 is 5.48. The van der Waals surface area contributed by atoms with Crippen molar-refractivity contribution in [3.8, 4) is 0 Å². The summed E-state index contributed by atoms with van der Waals surface area (Å²) in [4.78, 5) is 2.68. The highest BCUT2D eigenvalue weighted by atomic mass is 16.5. The van der Waals surface area contributed by atoms with Crippen molar-refractivity contribution in [2.75, 3.05) is 39.4 Å². The smallest absolute Gasteiger partial charge is 0.0507 e. The van der Waals surface area contributed by atoms with Gasteiger partial charge in [0, 0.05) is 38.8 Å². The summed E-state index contributed by atoms with van der Waals surface area (Å²) in [5.41, 5.74) is 0.368. The first-order valence-corrected chi connectivity index (χ1v) is 6.60. The maximum Gasteiger partial charge on any atom is 0.0507 e. The molecule has 16 heavy (non-hydrogen) atoms. The summed E-state index contributed by atoms with van der Waals surface area (Å²) in [5.74, 6) is 0.767. The van der Waals surface area contributed by atoms with Crippen molar-refractivity contribution in [3.63, 3.8) is 0 Å². The second-order valence-corrected chi connectivity index (χ2v) is 6.31. The van der Waals surface area contributed by atoms with Crippen molar-refractivity contribution in [2.24, 2.45) is 11.3 Å². The highest BCUT2D eigenvalue weighted by molar-refractivity contribution is 4.89. The Labute approximate surface area is 99.5 Å². The van der Waals surface area contributed by atoms with Crippen LogP contribution in [-0.2, 0) is 4.74 Å². The molecule has 0 aromatic carbocycles. The Hall–Kier alpha value is -0.120. The SMILES string of the molecule is CC(C)(C)C1CNCCN1CC1CCOC1. The Balaban J connectivity index is 1.93. The van der Waals surface area contributed by atoms with E-state index in [1.165, 1.54) is 19.5 Å². The molecule has 0 aliphatic carbocycles. The van der Waals surface area contributed by atoms with Gasteiger partial charge in [0.25, 0.3) is 0 Å². The molecule has 0 radical (unpaired) electrons. The van der Waals surface area contributed by atoms with Gasteiger partial charge in [-0.15, -0.1) is 0 Å². The molecule has 2 fully saturated rings. The Bertz CT molecular complexity index is 218. The summed E-state index contributed by atoms with van der Waals surface area (Å²) in [7, 11) is 0. The Morgan fingerprint density at radius 2 is 2.19 bits per heavy atom. The third kappa shape index (κ3) is 2.96. The number of nitrogens with one attached hydrogen (secondary N) is 1. The number of rotatable bonds is 2. The molecule has 0 aromatic rings. The highest BCUT2D eigenvalue weighted by Gasteiger charge is 2.33. The molecule has 2 aliphatic heterocycles. The van der Waals surface area contributed by atoms with E-state index >= 15 is 0 Å². The van der Waals surface area contributed by atoms with Crippen LogP contribution in [0.15, 0.2) is 0 Å². The predicted octanol–water partition coefficient (Wildman–Crippen LogP) is 1.34. The summed E-state index contributed by atoms with van der Waals surface area (Å²) in [6, 6.07) is 0.668. The predicted molar refractivity (Wildman–Crippen MR) is 66.6 cm³/mol. The summed E-state index contributed by atoms with van der Waals surface area (Å²) in [5, 5.41) is 3.52. The highest BCUT2D eigenvalue weighted by Crippen LogP contribution is 2.27. The Morgan fingerprint density at radius 3 is 2.81 bits per heavy atom. The second kappa shape index (κ2) is 5.03. The number of hydrogen-bond acceptors (Lipinski definition) is 3. The van der Waals surface area contributed by atoms with Crippen LogP contribution in [0.2, 0.25) is 0 Å². The van der Waals surface area contributed by atoms with Crippen LogP contribution in [0.4, 0.5) is 0 Å². The summed E-state index contributed by atoms with van der Waals surface area (Å²) >= 11 is 0. The number of ether oxygens (including phenoxy) is 1. The average Bonchev–Trinajstić information content (AvgIpc) is 2.70. The van der Waals surface area contributed by atoms with Crippen LogP contribution in [0.5, 0.6) is 0 Å². The molecule has 0 aromatic heterocycles. The molecule has 2 atom stereocenters. The molecule has 2 rings (SSSR count). The normalized spacial score (nSPS) is 33.2. The molecule has 3 heteroatoms. The fourth-order valence-electron chi connectivity index (χ4n) is 2.88. The molecule has 0 saturated carbocycles. The zero-order valence-corrected chi connectivity index (χ0v) is 11.0. The molecule has 0 amide bonds. The lowest BCUT2D eigenvalue weighted by molar-refractivity contribution is 0.0583. The van der Waals surface area contributed by atoms with Crippen molar-refractivity contribution < 1.29 is 4.74 Å². The van der Waals surface area contributed by atoms with Crippen LogP contribution < -0.4 is 5.32 Å². The first-order chi connectivity index (χ1) is 7.57. The van der Waals surface area contributed by atoms with Crippen LogP contribution in [0, 0.1) is 11.3 Å². The van der Waals surface area contributed by atoms with E-state index in [2.05, 4.69) is 31.0 Å². The minimum absolute atomic E-state index is 0.368. The molecule has 94 valence electrons. The van der Waals surface area contributed by atoms with Crippen molar-refractivity contribution in [1.29, 1.82) is 0 Å². The molecule has 3 nitrogen and oxygen atoms in total. The largest absolute Gasteiger partial charge is 0.381 e. The maximum absolute atomic E-state index is 5.48. The first kappa shape index (κ1) is 12.3. The van der Waals surface area contributed by atoms with Gasteiger partial charge in [-0.25, -0.2) is 0 Å². The zero-order chi connectivity index (χ0) is 11.6. The lowest BCUT2D eigenvalue weighted by Gasteiger charge is -2.44. The molecule has 2 heterocycles. The van der Waals surface area contributed by atoms with E-state index in [0.717, 1.165) is 32.2 Å². The van der Waals surface area contributed by atoms with Gasteiger partial charge >= 0.3 is 0 Å². The van der Waals surface area contributed by atoms with Crippen LogP contribution in [0.3, 0.4) is 0 Å². The minimum Gasteiger partial charge on any atom is -0.381 e. The standard InChI is InChI=1S/C13H26N2O/c1-13(2,3)12-8-14-5-6-15(12)9-11-4-7-16-10-11/h11-12,14H,4-10H2,1-3H3. The van der Waals surface area contributed by atoms with Gasteiger partial charge < -0.3 is 10.1 Å². The van der Waals surface area contributed by atoms with Crippen LogP contribution in [0.25, 0.3) is 0 Å². The zero-order valence-electron chi connectivity index (χ0n) is 11.0. The van der Waals surface area contributed by atoms with Crippen molar-refractivity contribution in [1.82, 2.24) is 10.2 Å². The third-order valence-corrected chi connectivity index (χ3v) is 3.87. The topological polar surface area (TPSA) is 24.5 Å². The molecule has 2 unspecified atom stereocenters. The fourth-order valence-corrected chi connectivity index (χ4v) is 2.88. The molecular formula is C13H26N2O. The fraction of sp³-hybridized carbons (Fsp3) is 1.00. The van der Waals surface area contributed by atoms with Crippen molar-refractivity contribution in [3.05, 3.63) is 0 Å². The van der Waals surface area contributed by atoms with Gasteiger partial charge in [-0.05, 0) is 17.8 Å². The van der Waals surface area contributed by atoms with E-state index < -0.39 is 0 Å². The van der Waals surface area contributed by atoms with E-state index in [0.29, 0.717) is 11.5 Å². The summed E-state index contributed by atoms with van der Waals surface area (Å²) in [6.45, 7) is 13.7. The second-order valence-electron chi connectivity index (χ2n) is 6.31. The van der Waals surface area contributed by atoms with E-state index in [1.54, 1.807) is 0 Å². The lowest BCUT2D eigenvalue weighted by atomic mass is 9.84.